The number of amides is 1. The zero-order chi connectivity index (χ0) is 11.7. The number of hydrogen-bond acceptors (Lipinski definition) is 5. The molecule has 0 aromatic carbocycles. The Kier molecular flexibility index (Phi) is 2.76. The van der Waals surface area contributed by atoms with Crippen LogP contribution in [0.5, 0.6) is 0 Å². The molecule has 1 saturated carbocycles. The molecule has 1 amide bonds. The lowest BCUT2D eigenvalue weighted by Gasteiger charge is -2.32. The van der Waals surface area contributed by atoms with E-state index in [1.165, 1.54) is 12.8 Å². The molecule has 1 aliphatic heterocycles. The average Bonchev–Trinajstić information content (AvgIpc) is 3.05. The first-order valence-electron chi connectivity index (χ1n) is 6.11. The van der Waals surface area contributed by atoms with Crippen LogP contribution < -0.4 is 5.32 Å². The first kappa shape index (κ1) is 10.6. The normalized spacial score (nSPS) is 22.6. The average molecular weight is 236 g/mol. The summed E-state index contributed by atoms with van der Waals surface area (Å²) in [7, 11) is 0. The highest BCUT2D eigenvalue weighted by Crippen LogP contribution is 2.29. The summed E-state index contributed by atoms with van der Waals surface area (Å²) < 4.78 is 0. The van der Waals surface area contributed by atoms with Crippen molar-refractivity contribution in [2.75, 3.05) is 13.1 Å². The van der Waals surface area contributed by atoms with Gasteiger partial charge in [0.15, 0.2) is 0 Å². The van der Waals surface area contributed by atoms with E-state index in [2.05, 4.69) is 30.8 Å². The molecule has 1 aromatic rings. The third-order valence-corrected chi connectivity index (χ3v) is 3.48. The second-order valence-electron chi connectivity index (χ2n) is 4.75. The molecule has 1 saturated heterocycles. The summed E-state index contributed by atoms with van der Waals surface area (Å²) in [5.74, 6) is -0.113. The van der Waals surface area contributed by atoms with Crippen molar-refractivity contribution in [3.8, 4) is 0 Å². The van der Waals surface area contributed by atoms with Crippen LogP contribution in [0.4, 0.5) is 0 Å². The van der Waals surface area contributed by atoms with Crippen molar-refractivity contribution < 1.29 is 4.79 Å². The molecule has 0 bridgehead atoms. The van der Waals surface area contributed by atoms with Gasteiger partial charge in [-0.3, -0.25) is 4.79 Å². The van der Waals surface area contributed by atoms with Crippen molar-refractivity contribution in [2.45, 2.75) is 37.8 Å². The topological polar surface area (TPSA) is 86.8 Å². The van der Waals surface area contributed by atoms with Gasteiger partial charge in [0.2, 0.25) is 0 Å². The van der Waals surface area contributed by atoms with Crippen molar-refractivity contribution in [1.82, 2.24) is 30.8 Å². The van der Waals surface area contributed by atoms with Gasteiger partial charge in [-0.1, -0.05) is 0 Å². The monoisotopic (exact) mass is 236 g/mol. The van der Waals surface area contributed by atoms with Gasteiger partial charge in [-0.15, -0.1) is 10.2 Å². The third kappa shape index (κ3) is 2.44. The minimum atomic E-state index is -0.233. The third-order valence-electron chi connectivity index (χ3n) is 3.48. The first-order chi connectivity index (χ1) is 8.33. The van der Waals surface area contributed by atoms with Gasteiger partial charge in [0.1, 0.15) is 0 Å². The predicted molar refractivity (Wildman–Crippen MR) is 59.3 cm³/mol. The fourth-order valence-electron chi connectivity index (χ4n) is 2.36. The number of nitrogens with one attached hydrogen (secondary N) is 2. The summed E-state index contributed by atoms with van der Waals surface area (Å²) in [5, 5.41) is 15.9. The van der Waals surface area contributed by atoms with Crippen molar-refractivity contribution in [3.63, 3.8) is 0 Å². The van der Waals surface area contributed by atoms with E-state index in [0.717, 1.165) is 32.0 Å². The molecule has 0 atom stereocenters. The molecule has 2 N–H and O–H groups in total. The van der Waals surface area contributed by atoms with Crippen LogP contribution in [0.15, 0.2) is 0 Å². The summed E-state index contributed by atoms with van der Waals surface area (Å²) in [6, 6.07) is 1.07. The number of carbonyl (C=O) groups is 1. The fraction of sp³-hybridized carbons (Fsp3) is 0.800. The van der Waals surface area contributed by atoms with E-state index in [9.17, 15) is 4.79 Å². The number of aromatic amines is 1. The summed E-state index contributed by atoms with van der Waals surface area (Å²) in [4.78, 5) is 14.2. The van der Waals surface area contributed by atoms with Crippen LogP contribution in [0.2, 0.25) is 0 Å². The van der Waals surface area contributed by atoms with Crippen LogP contribution in [0, 0.1) is 0 Å². The zero-order valence-corrected chi connectivity index (χ0v) is 9.59. The SMILES string of the molecule is O=C(NC1CCN(C2CC2)CC1)c1nn[nH]n1. The lowest BCUT2D eigenvalue weighted by Crippen LogP contribution is -2.45. The highest BCUT2D eigenvalue weighted by Gasteiger charge is 2.32. The van der Waals surface area contributed by atoms with Crippen molar-refractivity contribution in [2.24, 2.45) is 0 Å². The number of H-pyrrole nitrogens is 1. The van der Waals surface area contributed by atoms with E-state index in [0.29, 0.717) is 0 Å². The summed E-state index contributed by atoms with van der Waals surface area (Å²) in [6.45, 7) is 2.17. The van der Waals surface area contributed by atoms with E-state index >= 15 is 0 Å². The highest BCUT2D eigenvalue weighted by atomic mass is 16.2. The Morgan fingerprint density at radius 3 is 2.65 bits per heavy atom. The number of tetrazole rings is 1. The number of carbonyl (C=O) groups excluding carboxylic acids is 1. The maximum atomic E-state index is 11.7. The zero-order valence-electron chi connectivity index (χ0n) is 9.59. The Hall–Kier alpha value is -1.50. The number of hydrogen-bond donors (Lipinski definition) is 2. The number of nitrogens with zero attached hydrogens (tertiary/aromatic N) is 4. The quantitative estimate of drug-likeness (QED) is 0.742. The predicted octanol–water partition coefficient (Wildman–Crippen LogP) is -0.444. The summed E-state index contributed by atoms with van der Waals surface area (Å²) in [5.41, 5.74) is 0. The van der Waals surface area contributed by atoms with Gasteiger partial charge in [0.25, 0.3) is 11.7 Å². The molecule has 0 spiro atoms. The Balaban J connectivity index is 1.48. The van der Waals surface area contributed by atoms with Gasteiger partial charge in [-0.2, -0.15) is 5.21 Å². The van der Waals surface area contributed by atoms with Crippen LogP contribution in [-0.4, -0.2) is 56.6 Å². The number of aromatic nitrogens is 4. The molecule has 7 heteroatoms. The van der Waals surface area contributed by atoms with Crippen LogP contribution in [0.3, 0.4) is 0 Å². The number of likely N-dealkylation sites (tertiary alicyclic amines) is 1. The van der Waals surface area contributed by atoms with Crippen molar-refractivity contribution in [1.29, 1.82) is 0 Å². The van der Waals surface area contributed by atoms with E-state index in [1.807, 2.05) is 0 Å². The molecule has 2 fully saturated rings. The standard InChI is InChI=1S/C10H16N6O/c17-10(9-12-14-15-13-9)11-7-3-5-16(6-4-7)8-1-2-8/h7-8H,1-6H2,(H,11,17)(H,12,13,14,15). The van der Waals surface area contributed by atoms with Gasteiger partial charge < -0.3 is 10.2 Å². The largest absolute Gasteiger partial charge is 0.346 e. The van der Waals surface area contributed by atoms with E-state index in [4.69, 9.17) is 0 Å². The van der Waals surface area contributed by atoms with Crippen LogP contribution >= 0.6 is 0 Å². The van der Waals surface area contributed by atoms with E-state index in [1.54, 1.807) is 0 Å². The lowest BCUT2D eigenvalue weighted by atomic mass is 10.0. The Morgan fingerprint density at radius 1 is 1.29 bits per heavy atom. The molecule has 2 aliphatic rings. The summed E-state index contributed by atoms with van der Waals surface area (Å²) in [6.07, 6.45) is 4.72. The number of piperidine rings is 1. The second-order valence-corrected chi connectivity index (χ2v) is 4.75. The maximum absolute atomic E-state index is 11.7. The number of rotatable bonds is 3. The molecule has 0 radical (unpaired) electrons. The lowest BCUT2D eigenvalue weighted by molar-refractivity contribution is 0.0898. The van der Waals surface area contributed by atoms with E-state index in [-0.39, 0.29) is 17.8 Å². The maximum Gasteiger partial charge on any atom is 0.293 e. The fourth-order valence-corrected chi connectivity index (χ4v) is 2.36. The Bertz CT molecular complexity index is 380. The smallest absolute Gasteiger partial charge is 0.293 e. The Morgan fingerprint density at radius 2 is 2.06 bits per heavy atom. The molecular formula is C10H16N6O. The molecule has 3 rings (SSSR count). The van der Waals surface area contributed by atoms with Gasteiger partial charge >= 0.3 is 0 Å². The van der Waals surface area contributed by atoms with Gasteiger partial charge in [-0.25, -0.2) is 0 Å². The van der Waals surface area contributed by atoms with Crippen LogP contribution in [-0.2, 0) is 0 Å². The highest BCUT2D eigenvalue weighted by molar-refractivity contribution is 5.90. The van der Waals surface area contributed by atoms with Crippen LogP contribution in [0.1, 0.15) is 36.3 Å². The van der Waals surface area contributed by atoms with Crippen molar-refractivity contribution >= 4 is 5.91 Å². The Labute approximate surface area is 98.9 Å². The van der Waals surface area contributed by atoms with E-state index < -0.39 is 0 Å². The molecule has 0 unspecified atom stereocenters. The van der Waals surface area contributed by atoms with Gasteiger partial charge in [0, 0.05) is 25.2 Å². The minimum Gasteiger partial charge on any atom is -0.346 e. The van der Waals surface area contributed by atoms with Crippen LogP contribution in [0.25, 0.3) is 0 Å². The molecule has 7 nitrogen and oxygen atoms in total. The molecule has 1 aromatic heterocycles. The summed E-state index contributed by atoms with van der Waals surface area (Å²) >= 11 is 0. The first-order valence-corrected chi connectivity index (χ1v) is 6.11. The minimum absolute atomic E-state index is 0.120. The van der Waals surface area contributed by atoms with Gasteiger partial charge in [-0.05, 0) is 30.9 Å². The molecule has 2 heterocycles. The van der Waals surface area contributed by atoms with Crippen molar-refractivity contribution in [3.05, 3.63) is 5.82 Å². The second kappa shape index (κ2) is 4.40. The van der Waals surface area contributed by atoms with Gasteiger partial charge in [0.05, 0.1) is 0 Å². The molecule has 17 heavy (non-hydrogen) atoms. The molecule has 1 aliphatic carbocycles. The molecular weight excluding hydrogens is 220 g/mol. The molecule has 92 valence electrons.